The summed E-state index contributed by atoms with van der Waals surface area (Å²) < 4.78 is 6.61. The van der Waals surface area contributed by atoms with Gasteiger partial charge in [0.1, 0.15) is 0 Å². The quantitative estimate of drug-likeness (QED) is 0.689. The minimum atomic E-state index is -0.0234. The van der Waals surface area contributed by atoms with Crippen molar-refractivity contribution in [3.8, 4) is 0 Å². The molecular formula is C23H26N4O2S. The second-order valence-electron chi connectivity index (χ2n) is 7.88. The average molecular weight is 423 g/mol. The van der Waals surface area contributed by atoms with Crippen molar-refractivity contribution in [1.29, 1.82) is 0 Å². The number of anilines is 3. The maximum Gasteiger partial charge on any atom is 0.229 e. The van der Waals surface area contributed by atoms with Crippen LogP contribution in [0.4, 0.5) is 16.5 Å². The number of para-hydroxylation sites is 1. The third-order valence-corrected chi connectivity index (χ3v) is 6.95. The van der Waals surface area contributed by atoms with Crippen molar-refractivity contribution >= 4 is 44.0 Å². The van der Waals surface area contributed by atoms with Crippen LogP contribution in [0.3, 0.4) is 0 Å². The Kier molecular flexibility index (Phi) is 5.55. The van der Waals surface area contributed by atoms with E-state index in [1.165, 1.54) is 10.4 Å². The number of thiazole rings is 1. The summed E-state index contributed by atoms with van der Waals surface area (Å²) in [5, 5.41) is 4.13. The van der Waals surface area contributed by atoms with E-state index in [0.717, 1.165) is 68.6 Å². The topological polar surface area (TPSA) is 57.7 Å². The second-order valence-corrected chi connectivity index (χ2v) is 8.89. The van der Waals surface area contributed by atoms with E-state index < -0.39 is 0 Å². The Morgan fingerprint density at radius 3 is 2.63 bits per heavy atom. The van der Waals surface area contributed by atoms with Crippen molar-refractivity contribution in [2.24, 2.45) is 5.92 Å². The second kappa shape index (κ2) is 8.62. The third-order valence-electron chi connectivity index (χ3n) is 5.86. The first-order valence-corrected chi connectivity index (χ1v) is 11.4. The molecule has 3 heterocycles. The molecular weight excluding hydrogens is 396 g/mol. The molecule has 6 nitrogen and oxygen atoms in total. The first-order chi connectivity index (χ1) is 14.8. The van der Waals surface area contributed by atoms with E-state index >= 15 is 0 Å². The van der Waals surface area contributed by atoms with Gasteiger partial charge in [-0.1, -0.05) is 23.5 Å². The Balaban J connectivity index is 1.22. The van der Waals surface area contributed by atoms with Crippen molar-refractivity contribution in [3.05, 3.63) is 48.5 Å². The molecule has 1 atom stereocenters. The molecule has 7 heteroatoms. The zero-order chi connectivity index (χ0) is 20.3. The first kappa shape index (κ1) is 19.3. The Morgan fingerprint density at radius 1 is 1.03 bits per heavy atom. The fourth-order valence-corrected chi connectivity index (χ4v) is 5.18. The molecule has 1 aromatic heterocycles. The minimum Gasteiger partial charge on any atom is -0.378 e. The lowest BCUT2D eigenvalue weighted by Gasteiger charge is -2.31. The molecule has 0 spiro atoms. The normalized spacial score (nSPS) is 19.8. The maximum atomic E-state index is 12.9. The number of carbonyl (C=O) groups excluding carboxylic acids is 1. The number of aromatic nitrogens is 1. The molecule has 0 saturated carbocycles. The molecule has 2 saturated heterocycles. The molecule has 3 aromatic rings. The molecule has 156 valence electrons. The van der Waals surface area contributed by atoms with Gasteiger partial charge in [-0.05, 0) is 49.2 Å². The number of fused-ring (bicyclic) bond motifs is 1. The van der Waals surface area contributed by atoms with Gasteiger partial charge >= 0.3 is 0 Å². The summed E-state index contributed by atoms with van der Waals surface area (Å²) in [6.07, 6.45) is 1.92. The van der Waals surface area contributed by atoms with Crippen LogP contribution >= 0.6 is 11.3 Å². The fraction of sp³-hybridized carbons (Fsp3) is 0.391. The van der Waals surface area contributed by atoms with Gasteiger partial charge in [0.05, 0.1) is 29.3 Å². The zero-order valence-electron chi connectivity index (χ0n) is 16.9. The van der Waals surface area contributed by atoms with Gasteiger partial charge in [-0.25, -0.2) is 4.98 Å². The van der Waals surface area contributed by atoms with E-state index in [1.807, 2.05) is 30.3 Å². The summed E-state index contributed by atoms with van der Waals surface area (Å²) in [7, 11) is 0. The predicted molar refractivity (Wildman–Crippen MR) is 123 cm³/mol. The Bertz CT molecular complexity index is 980. The van der Waals surface area contributed by atoms with Crippen molar-refractivity contribution in [3.63, 3.8) is 0 Å². The first-order valence-electron chi connectivity index (χ1n) is 10.6. The SMILES string of the molecule is O=C(Nc1ccc(N2CCOCC2)cc1)C1CCCN(c2nc3ccccc3s2)C1. The highest BCUT2D eigenvalue weighted by molar-refractivity contribution is 7.22. The fourth-order valence-electron chi connectivity index (χ4n) is 4.18. The van der Waals surface area contributed by atoms with E-state index in [2.05, 4.69) is 33.3 Å². The van der Waals surface area contributed by atoms with Crippen LogP contribution in [0.1, 0.15) is 12.8 Å². The number of nitrogens with one attached hydrogen (secondary N) is 1. The molecule has 1 N–H and O–H groups in total. The van der Waals surface area contributed by atoms with Crippen molar-refractivity contribution in [2.45, 2.75) is 12.8 Å². The van der Waals surface area contributed by atoms with Crippen molar-refractivity contribution in [2.75, 3.05) is 54.5 Å². The van der Waals surface area contributed by atoms with E-state index in [9.17, 15) is 4.79 Å². The summed E-state index contributed by atoms with van der Waals surface area (Å²) in [6.45, 7) is 5.04. The minimum absolute atomic E-state index is 0.0234. The molecule has 2 aliphatic rings. The molecule has 1 unspecified atom stereocenters. The van der Waals surface area contributed by atoms with Crippen LogP contribution in [0.2, 0.25) is 0 Å². The van der Waals surface area contributed by atoms with Gasteiger partial charge in [0.25, 0.3) is 0 Å². The Hall–Kier alpha value is -2.64. The van der Waals surface area contributed by atoms with E-state index in [-0.39, 0.29) is 11.8 Å². The van der Waals surface area contributed by atoms with E-state index in [1.54, 1.807) is 11.3 Å². The lowest BCUT2D eigenvalue weighted by Crippen LogP contribution is -2.40. The number of nitrogens with zero attached hydrogens (tertiary/aromatic N) is 3. The van der Waals surface area contributed by atoms with Crippen LogP contribution in [-0.2, 0) is 9.53 Å². The lowest BCUT2D eigenvalue weighted by molar-refractivity contribution is -0.120. The van der Waals surface area contributed by atoms with Crippen LogP contribution in [0.15, 0.2) is 48.5 Å². The lowest BCUT2D eigenvalue weighted by atomic mass is 9.97. The van der Waals surface area contributed by atoms with Crippen molar-refractivity contribution in [1.82, 2.24) is 4.98 Å². The number of ether oxygens (including phenoxy) is 1. The summed E-state index contributed by atoms with van der Waals surface area (Å²) in [4.78, 5) is 22.3. The van der Waals surface area contributed by atoms with Crippen LogP contribution in [0.25, 0.3) is 10.2 Å². The number of rotatable bonds is 4. The molecule has 0 radical (unpaired) electrons. The third kappa shape index (κ3) is 4.13. The van der Waals surface area contributed by atoms with Crippen molar-refractivity contribution < 1.29 is 9.53 Å². The zero-order valence-corrected chi connectivity index (χ0v) is 17.7. The van der Waals surface area contributed by atoms with E-state index in [0.29, 0.717) is 0 Å². The molecule has 2 fully saturated rings. The Labute approximate surface area is 180 Å². The highest BCUT2D eigenvalue weighted by atomic mass is 32.1. The summed E-state index contributed by atoms with van der Waals surface area (Å²) in [6, 6.07) is 16.4. The number of hydrogen-bond donors (Lipinski definition) is 1. The molecule has 5 rings (SSSR count). The summed E-state index contributed by atoms with van der Waals surface area (Å²) >= 11 is 1.71. The van der Waals surface area contributed by atoms with Gasteiger partial charge in [-0.3, -0.25) is 4.79 Å². The van der Waals surface area contributed by atoms with Crippen LogP contribution in [0, 0.1) is 5.92 Å². The number of piperidine rings is 1. The highest BCUT2D eigenvalue weighted by Gasteiger charge is 2.27. The Morgan fingerprint density at radius 2 is 1.83 bits per heavy atom. The molecule has 30 heavy (non-hydrogen) atoms. The number of benzene rings is 2. The van der Waals surface area contributed by atoms with Crippen LogP contribution in [0.5, 0.6) is 0 Å². The smallest absolute Gasteiger partial charge is 0.229 e. The number of carbonyl (C=O) groups is 1. The highest BCUT2D eigenvalue weighted by Crippen LogP contribution is 2.31. The average Bonchev–Trinajstić information content (AvgIpc) is 3.25. The van der Waals surface area contributed by atoms with Gasteiger partial charge in [0.15, 0.2) is 5.13 Å². The van der Waals surface area contributed by atoms with Gasteiger partial charge in [-0.2, -0.15) is 0 Å². The van der Waals surface area contributed by atoms with Gasteiger partial charge < -0.3 is 19.9 Å². The van der Waals surface area contributed by atoms with Gasteiger partial charge in [-0.15, -0.1) is 0 Å². The summed E-state index contributed by atoms with van der Waals surface area (Å²) in [5.41, 5.74) is 3.06. The van der Waals surface area contributed by atoms with E-state index in [4.69, 9.17) is 9.72 Å². The standard InChI is InChI=1S/C23H26N4O2S/c28-22(24-18-7-9-19(10-8-18)26-12-14-29-15-13-26)17-4-3-11-27(16-17)23-25-20-5-1-2-6-21(20)30-23/h1-2,5-10,17H,3-4,11-16H2,(H,24,28). The van der Waals surface area contributed by atoms with Gasteiger partial charge in [0, 0.05) is 37.6 Å². The van der Waals surface area contributed by atoms with Crippen LogP contribution in [-0.4, -0.2) is 50.3 Å². The number of amides is 1. The predicted octanol–water partition coefficient (Wildman–Crippen LogP) is 3.99. The molecule has 0 aliphatic carbocycles. The molecule has 2 aliphatic heterocycles. The molecule has 1 amide bonds. The van der Waals surface area contributed by atoms with Crippen LogP contribution < -0.4 is 15.1 Å². The largest absolute Gasteiger partial charge is 0.378 e. The monoisotopic (exact) mass is 422 g/mol. The van der Waals surface area contributed by atoms with Gasteiger partial charge in [0.2, 0.25) is 5.91 Å². The number of hydrogen-bond acceptors (Lipinski definition) is 6. The maximum absolute atomic E-state index is 12.9. The summed E-state index contributed by atoms with van der Waals surface area (Å²) in [5.74, 6) is 0.0737. The molecule has 0 bridgehead atoms. The molecule has 2 aromatic carbocycles. The number of morpholine rings is 1.